The minimum absolute atomic E-state index is 0.692. The Morgan fingerprint density at radius 3 is 1.83 bits per heavy atom. The number of benzene rings is 4. The molecular formula is C30H28N3OSb. The van der Waals surface area contributed by atoms with Crippen molar-refractivity contribution < 1.29 is 4.74 Å². The van der Waals surface area contributed by atoms with Gasteiger partial charge in [-0.1, -0.05) is 0 Å². The molecule has 0 saturated heterocycles. The van der Waals surface area contributed by atoms with Crippen LogP contribution in [0.25, 0.3) is 11.3 Å². The molecule has 0 saturated carbocycles. The molecule has 0 aliphatic carbocycles. The zero-order valence-electron chi connectivity index (χ0n) is 20.2. The van der Waals surface area contributed by atoms with Crippen LogP contribution in [-0.2, 0) is 6.54 Å². The number of nitrogens with zero attached hydrogens (tertiary/aromatic N) is 3. The maximum absolute atomic E-state index is 5.40. The molecule has 0 N–H and O–H groups in total. The van der Waals surface area contributed by atoms with E-state index in [9.17, 15) is 0 Å². The average Bonchev–Trinajstić information content (AvgIpc) is 3.30. The summed E-state index contributed by atoms with van der Waals surface area (Å²) in [4.78, 5) is 0. The second-order valence-electron chi connectivity index (χ2n) is 8.64. The Morgan fingerprint density at radius 2 is 1.29 bits per heavy atom. The summed E-state index contributed by atoms with van der Waals surface area (Å²) in [7, 11) is 1.69. The van der Waals surface area contributed by atoms with E-state index in [1.165, 1.54) is 27.4 Å². The third kappa shape index (κ3) is 5.18. The van der Waals surface area contributed by atoms with Gasteiger partial charge in [0, 0.05) is 0 Å². The van der Waals surface area contributed by atoms with Crippen LogP contribution in [0.5, 0.6) is 5.75 Å². The van der Waals surface area contributed by atoms with E-state index in [1.54, 1.807) is 7.11 Å². The molecule has 0 fully saturated rings. The summed E-state index contributed by atoms with van der Waals surface area (Å²) < 4.78 is 11.6. The number of aryl methyl sites for hydroxylation is 2. The van der Waals surface area contributed by atoms with Crippen LogP contribution >= 0.6 is 0 Å². The van der Waals surface area contributed by atoms with Crippen molar-refractivity contribution in [3.05, 3.63) is 120 Å². The number of methoxy groups -OCH3 is 1. The van der Waals surface area contributed by atoms with Gasteiger partial charge < -0.3 is 0 Å². The second-order valence-corrected chi connectivity index (χ2v) is 14.7. The van der Waals surface area contributed by atoms with Crippen LogP contribution in [0.4, 0.5) is 0 Å². The van der Waals surface area contributed by atoms with Crippen LogP contribution in [0.15, 0.2) is 103 Å². The summed E-state index contributed by atoms with van der Waals surface area (Å²) in [6.45, 7) is 4.97. The minimum atomic E-state index is -2.51. The van der Waals surface area contributed by atoms with Crippen molar-refractivity contribution in [3.8, 4) is 17.0 Å². The van der Waals surface area contributed by atoms with E-state index in [0.717, 1.165) is 17.0 Å². The third-order valence-electron chi connectivity index (χ3n) is 6.04. The van der Waals surface area contributed by atoms with Crippen LogP contribution in [0.3, 0.4) is 0 Å². The van der Waals surface area contributed by atoms with Crippen molar-refractivity contribution >= 4 is 30.9 Å². The van der Waals surface area contributed by atoms with Gasteiger partial charge in [0.1, 0.15) is 0 Å². The van der Waals surface area contributed by atoms with E-state index in [2.05, 4.69) is 103 Å². The third-order valence-corrected chi connectivity index (χ3v) is 13.2. The first-order chi connectivity index (χ1) is 17.1. The summed E-state index contributed by atoms with van der Waals surface area (Å²) >= 11 is -2.51. The van der Waals surface area contributed by atoms with Gasteiger partial charge in [0.25, 0.3) is 0 Å². The van der Waals surface area contributed by atoms with Crippen LogP contribution in [0.2, 0.25) is 0 Å². The van der Waals surface area contributed by atoms with Crippen LogP contribution in [0, 0.1) is 13.8 Å². The van der Waals surface area contributed by atoms with E-state index in [4.69, 9.17) is 15.0 Å². The number of aromatic nitrogens is 3. The Kier molecular flexibility index (Phi) is 7.01. The Hall–Kier alpha value is -3.36. The number of rotatable bonds is 7. The van der Waals surface area contributed by atoms with Gasteiger partial charge in [-0.3, -0.25) is 0 Å². The SMILES string of the molecule is COc1ccc(-c2nnn(Cc3ccccc3)[c]2[Sb]([c]2ccc(C)cc2)[c]2ccc(C)cc2)cc1. The number of hydrogen-bond donors (Lipinski definition) is 0. The molecule has 0 spiro atoms. The Bertz CT molecular complexity index is 1350. The van der Waals surface area contributed by atoms with Crippen LogP contribution in [0.1, 0.15) is 16.7 Å². The van der Waals surface area contributed by atoms with E-state index in [-0.39, 0.29) is 0 Å². The van der Waals surface area contributed by atoms with E-state index in [0.29, 0.717) is 6.54 Å². The predicted octanol–water partition coefficient (Wildman–Crippen LogP) is 4.14. The Labute approximate surface area is 214 Å². The van der Waals surface area contributed by atoms with E-state index >= 15 is 0 Å². The Balaban J connectivity index is 1.72. The second kappa shape index (κ2) is 10.5. The fourth-order valence-electron chi connectivity index (χ4n) is 4.11. The van der Waals surface area contributed by atoms with E-state index in [1.807, 2.05) is 18.2 Å². The maximum atomic E-state index is 5.40. The molecule has 5 heteroatoms. The van der Waals surface area contributed by atoms with Gasteiger partial charge in [-0.25, -0.2) is 0 Å². The van der Waals surface area contributed by atoms with Crippen molar-refractivity contribution in [2.24, 2.45) is 0 Å². The molecule has 0 radical (unpaired) electrons. The first kappa shape index (κ1) is 23.4. The fourth-order valence-corrected chi connectivity index (χ4v) is 11.0. The summed E-state index contributed by atoms with van der Waals surface area (Å²) in [5.74, 6) is 0.835. The molecule has 0 aliphatic heterocycles. The van der Waals surface area contributed by atoms with Crippen molar-refractivity contribution in [2.75, 3.05) is 7.11 Å². The van der Waals surface area contributed by atoms with Crippen molar-refractivity contribution in [1.29, 1.82) is 0 Å². The quantitative estimate of drug-likeness (QED) is 0.278. The normalized spacial score (nSPS) is 11.1. The molecule has 4 aromatic carbocycles. The molecule has 0 unspecified atom stereocenters. The summed E-state index contributed by atoms with van der Waals surface area (Å²) in [6, 6.07) is 36.8. The molecule has 5 aromatic rings. The van der Waals surface area contributed by atoms with Crippen molar-refractivity contribution in [2.45, 2.75) is 20.4 Å². The molecule has 0 amide bonds. The average molecular weight is 568 g/mol. The Morgan fingerprint density at radius 1 is 0.714 bits per heavy atom. The number of ether oxygens (including phenoxy) is 1. The molecule has 5 rings (SSSR count). The zero-order chi connectivity index (χ0) is 24.2. The molecule has 0 bridgehead atoms. The van der Waals surface area contributed by atoms with Crippen molar-refractivity contribution in [3.63, 3.8) is 0 Å². The molecule has 0 atom stereocenters. The molecule has 174 valence electrons. The molecule has 1 aromatic heterocycles. The van der Waals surface area contributed by atoms with Gasteiger partial charge in [0.15, 0.2) is 0 Å². The molecule has 1 heterocycles. The van der Waals surface area contributed by atoms with Gasteiger partial charge in [-0.2, -0.15) is 0 Å². The van der Waals surface area contributed by atoms with Gasteiger partial charge in [0.05, 0.1) is 0 Å². The van der Waals surface area contributed by atoms with Crippen LogP contribution < -0.4 is 15.4 Å². The topological polar surface area (TPSA) is 39.9 Å². The van der Waals surface area contributed by atoms with Crippen molar-refractivity contribution in [1.82, 2.24) is 15.0 Å². The molecule has 4 nitrogen and oxygen atoms in total. The van der Waals surface area contributed by atoms with Crippen LogP contribution in [-0.4, -0.2) is 42.3 Å². The van der Waals surface area contributed by atoms with E-state index < -0.39 is 20.2 Å². The first-order valence-corrected chi connectivity index (χ1v) is 15.5. The summed E-state index contributed by atoms with van der Waals surface area (Å²) in [5, 5.41) is 9.48. The van der Waals surface area contributed by atoms with Gasteiger partial charge >= 0.3 is 215 Å². The standard InChI is InChI=1S/C16H14N3O.2C7H7.Sb/c1-20-15-9-7-14(8-10-15)16-12-19(18-17-16)11-13-5-3-2-4-6-13;2*1-7-5-3-2-4-6-7;/h2-10H,11H2,1H3;2*3-6H,1H3;. The first-order valence-electron chi connectivity index (χ1n) is 11.7. The summed E-state index contributed by atoms with van der Waals surface area (Å²) in [6.07, 6.45) is 0. The zero-order valence-corrected chi connectivity index (χ0v) is 22.8. The fraction of sp³-hybridized carbons (Fsp3) is 0.133. The summed E-state index contributed by atoms with van der Waals surface area (Å²) in [5.41, 5.74) is 5.78. The predicted molar refractivity (Wildman–Crippen MR) is 145 cm³/mol. The van der Waals surface area contributed by atoms with Gasteiger partial charge in [0.2, 0.25) is 0 Å². The molecule has 0 aliphatic rings. The monoisotopic (exact) mass is 567 g/mol. The number of hydrogen-bond acceptors (Lipinski definition) is 3. The van der Waals surface area contributed by atoms with Gasteiger partial charge in [-0.15, -0.1) is 0 Å². The molecular weight excluding hydrogens is 540 g/mol. The van der Waals surface area contributed by atoms with Gasteiger partial charge in [-0.05, 0) is 0 Å². The molecule has 35 heavy (non-hydrogen) atoms.